The lowest BCUT2D eigenvalue weighted by Crippen LogP contribution is -2.55. The number of likely N-dealkylation sites (tertiary alicyclic amines) is 1. The number of nitrogens with zero attached hydrogens (tertiary/aromatic N) is 1. The molecule has 3 heterocycles. The molecule has 2 aliphatic heterocycles. The SMILES string of the molecule is CC1CC(NC(=O)C2CCCCN2C(=O)c2ccco2)CCN1.Cl. The van der Waals surface area contributed by atoms with E-state index in [1.807, 2.05) is 0 Å². The number of rotatable bonds is 3. The van der Waals surface area contributed by atoms with E-state index in [2.05, 4.69) is 17.6 Å². The van der Waals surface area contributed by atoms with Crippen molar-refractivity contribution in [2.75, 3.05) is 13.1 Å². The second-order valence-electron chi connectivity index (χ2n) is 6.57. The molecule has 0 aliphatic carbocycles. The molecule has 0 bridgehead atoms. The van der Waals surface area contributed by atoms with Crippen LogP contribution in [-0.4, -0.2) is 47.9 Å². The highest BCUT2D eigenvalue weighted by molar-refractivity contribution is 5.95. The minimum atomic E-state index is -0.383. The molecule has 2 fully saturated rings. The van der Waals surface area contributed by atoms with Gasteiger partial charge in [0.2, 0.25) is 5.91 Å². The third-order valence-electron chi connectivity index (χ3n) is 4.77. The predicted octanol–water partition coefficient (Wildman–Crippen LogP) is 1.95. The van der Waals surface area contributed by atoms with Crippen molar-refractivity contribution in [2.24, 2.45) is 0 Å². The van der Waals surface area contributed by atoms with E-state index in [9.17, 15) is 9.59 Å². The van der Waals surface area contributed by atoms with Gasteiger partial charge in [0.05, 0.1) is 6.26 Å². The van der Waals surface area contributed by atoms with Crippen LogP contribution in [-0.2, 0) is 4.79 Å². The van der Waals surface area contributed by atoms with Gasteiger partial charge in [0.1, 0.15) is 6.04 Å². The standard InChI is InChI=1S/C17H25N3O3.ClH/c1-12-11-13(7-8-18-12)19-16(21)14-5-2-3-9-20(14)17(22)15-6-4-10-23-15;/h4,6,10,12-14,18H,2-3,5,7-9,11H2,1H3,(H,19,21);1H. The monoisotopic (exact) mass is 355 g/mol. The molecule has 3 unspecified atom stereocenters. The average Bonchev–Trinajstić information content (AvgIpc) is 3.08. The van der Waals surface area contributed by atoms with Crippen LogP contribution in [0.4, 0.5) is 0 Å². The predicted molar refractivity (Wildman–Crippen MR) is 93.3 cm³/mol. The quantitative estimate of drug-likeness (QED) is 0.869. The molecule has 2 aliphatic rings. The van der Waals surface area contributed by atoms with Crippen molar-refractivity contribution in [1.29, 1.82) is 0 Å². The van der Waals surface area contributed by atoms with Crippen LogP contribution >= 0.6 is 12.4 Å². The zero-order valence-corrected chi connectivity index (χ0v) is 14.8. The zero-order valence-electron chi connectivity index (χ0n) is 14.0. The third-order valence-corrected chi connectivity index (χ3v) is 4.77. The van der Waals surface area contributed by atoms with Crippen LogP contribution < -0.4 is 10.6 Å². The normalized spacial score (nSPS) is 27.2. The second kappa shape index (κ2) is 8.53. The van der Waals surface area contributed by atoms with Crippen LogP contribution in [0.1, 0.15) is 49.6 Å². The molecule has 3 rings (SSSR count). The van der Waals surface area contributed by atoms with Gasteiger partial charge in [-0.1, -0.05) is 0 Å². The van der Waals surface area contributed by atoms with Gasteiger partial charge in [-0.15, -0.1) is 12.4 Å². The van der Waals surface area contributed by atoms with Crippen molar-refractivity contribution in [1.82, 2.24) is 15.5 Å². The summed E-state index contributed by atoms with van der Waals surface area (Å²) in [5.74, 6) is 0.0948. The van der Waals surface area contributed by atoms with Crippen molar-refractivity contribution in [3.63, 3.8) is 0 Å². The fraction of sp³-hybridized carbons (Fsp3) is 0.647. The Labute approximate surface area is 148 Å². The lowest BCUT2D eigenvalue weighted by Gasteiger charge is -2.36. The van der Waals surface area contributed by atoms with Gasteiger partial charge < -0.3 is 20.0 Å². The van der Waals surface area contributed by atoms with Crippen LogP contribution in [0.25, 0.3) is 0 Å². The van der Waals surface area contributed by atoms with Crippen molar-refractivity contribution in [3.05, 3.63) is 24.2 Å². The molecular weight excluding hydrogens is 330 g/mol. The fourth-order valence-corrected chi connectivity index (χ4v) is 3.55. The molecule has 0 aromatic carbocycles. The Kier molecular flexibility index (Phi) is 6.69. The topological polar surface area (TPSA) is 74.6 Å². The van der Waals surface area contributed by atoms with Crippen LogP contribution in [0, 0.1) is 0 Å². The Hall–Kier alpha value is -1.53. The van der Waals surface area contributed by atoms with E-state index in [0.717, 1.165) is 38.6 Å². The molecule has 0 spiro atoms. The number of carbonyl (C=O) groups is 2. The summed E-state index contributed by atoms with van der Waals surface area (Å²) >= 11 is 0. The lowest BCUT2D eigenvalue weighted by molar-refractivity contribution is -0.127. The molecular formula is C17H26ClN3O3. The molecule has 1 aromatic rings. The molecule has 24 heavy (non-hydrogen) atoms. The number of piperidine rings is 2. The maximum absolute atomic E-state index is 12.7. The summed E-state index contributed by atoms with van der Waals surface area (Å²) in [5.41, 5.74) is 0. The average molecular weight is 356 g/mol. The largest absolute Gasteiger partial charge is 0.459 e. The van der Waals surface area contributed by atoms with Gasteiger partial charge >= 0.3 is 0 Å². The minimum absolute atomic E-state index is 0. The van der Waals surface area contributed by atoms with E-state index in [1.54, 1.807) is 17.0 Å². The Bertz CT molecular complexity index is 549. The molecule has 3 atom stereocenters. The smallest absolute Gasteiger partial charge is 0.290 e. The maximum Gasteiger partial charge on any atom is 0.290 e. The fourth-order valence-electron chi connectivity index (χ4n) is 3.55. The number of halogens is 1. The minimum Gasteiger partial charge on any atom is -0.459 e. The second-order valence-corrected chi connectivity index (χ2v) is 6.57. The Morgan fingerprint density at radius 1 is 1.33 bits per heavy atom. The van der Waals surface area contributed by atoms with Gasteiger partial charge in [0.25, 0.3) is 5.91 Å². The van der Waals surface area contributed by atoms with E-state index in [0.29, 0.717) is 18.3 Å². The van der Waals surface area contributed by atoms with E-state index in [4.69, 9.17) is 4.42 Å². The summed E-state index contributed by atoms with van der Waals surface area (Å²) in [6.45, 7) is 3.66. The Balaban J connectivity index is 0.00000208. The van der Waals surface area contributed by atoms with E-state index < -0.39 is 0 Å². The number of hydrogen-bond donors (Lipinski definition) is 2. The van der Waals surface area contributed by atoms with Gasteiger partial charge in [-0.05, 0) is 57.7 Å². The molecule has 2 N–H and O–H groups in total. The van der Waals surface area contributed by atoms with Crippen molar-refractivity contribution < 1.29 is 14.0 Å². The molecule has 0 radical (unpaired) electrons. The highest BCUT2D eigenvalue weighted by Crippen LogP contribution is 2.21. The zero-order chi connectivity index (χ0) is 16.2. The molecule has 134 valence electrons. The van der Waals surface area contributed by atoms with Crippen LogP contribution in [0.3, 0.4) is 0 Å². The van der Waals surface area contributed by atoms with Gasteiger partial charge in [0, 0.05) is 18.6 Å². The van der Waals surface area contributed by atoms with E-state index >= 15 is 0 Å². The molecule has 2 saturated heterocycles. The van der Waals surface area contributed by atoms with E-state index in [-0.39, 0.29) is 36.3 Å². The number of nitrogens with one attached hydrogen (secondary N) is 2. The first-order valence-corrected chi connectivity index (χ1v) is 8.53. The number of amides is 2. The summed E-state index contributed by atoms with van der Waals surface area (Å²) in [5, 5.41) is 6.53. The maximum atomic E-state index is 12.7. The molecule has 2 amide bonds. The summed E-state index contributed by atoms with van der Waals surface area (Å²) in [6.07, 6.45) is 5.99. The first-order chi connectivity index (χ1) is 11.1. The number of hydrogen-bond acceptors (Lipinski definition) is 4. The summed E-state index contributed by atoms with van der Waals surface area (Å²) in [6, 6.07) is 3.58. The summed E-state index contributed by atoms with van der Waals surface area (Å²) in [4.78, 5) is 26.9. The van der Waals surface area contributed by atoms with Crippen molar-refractivity contribution in [2.45, 2.75) is 57.2 Å². The van der Waals surface area contributed by atoms with Gasteiger partial charge in [-0.3, -0.25) is 9.59 Å². The van der Waals surface area contributed by atoms with Gasteiger partial charge in [0.15, 0.2) is 5.76 Å². The van der Waals surface area contributed by atoms with Crippen molar-refractivity contribution >= 4 is 24.2 Å². The highest BCUT2D eigenvalue weighted by Gasteiger charge is 2.34. The lowest BCUT2D eigenvalue weighted by atomic mass is 9.97. The first kappa shape index (κ1) is 18.8. The van der Waals surface area contributed by atoms with Crippen LogP contribution in [0.15, 0.2) is 22.8 Å². The number of furan rings is 1. The Morgan fingerprint density at radius 2 is 2.17 bits per heavy atom. The van der Waals surface area contributed by atoms with E-state index in [1.165, 1.54) is 6.26 Å². The molecule has 7 heteroatoms. The molecule has 1 aromatic heterocycles. The van der Waals surface area contributed by atoms with Gasteiger partial charge in [-0.2, -0.15) is 0 Å². The summed E-state index contributed by atoms with van der Waals surface area (Å²) in [7, 11) is 0. The number of carbonyl (C=O) groups excluding carboxylic acids is 2. The molecule has 6 nitrogen and oxygen atoms in total. The Morgan fingerprint density at radius 3 is 2.88 bits per heavy atom. The highest BCUT2D eigenvalue weighted by atomic mass is 35.5. The van der Waals surface area contributed by atoms with Crippen molar-refractivity contribution in [3.8, 4) is 0 Å². The molecule has 0 saturated carbocycles. The van der Waals surface area contributed by atoms with Crippen LogP contribution in [0.5, 0.6) is 0 Å². The van der Waals surface area contributed by atoms with Crippen LogP contribution in [0.2, 0.25) is 0 Å². The first-order valence-electron chi connectivity index (χ1n) is 8.53. The summed E-state index contributed by atoms with van der Waals surface area (Å²) < 4.78 is 5.21. The van der Waals surface area contributed by atoms with Gasteiger partial charge in [-0.25, -0.2) is 0 Å². The third kappa shape index (κ3) is 4.30.